The summed E-state index contributed by atoms with van der Waals surface area (Å²) < 4.78 is 36.9. The van der Waals surface area contributed by atoms with Crippen LogP contribution in [0, 0.1) is 0 Å². The van der Waals surface area contributed by atoms with Crippen molar-refractivity contribution in [3.05, 3.63) is 23.8 Å². The molecule has 0 unspecified atom stereocenters. The molecule has 0 radical (unpaired) electrons. The molecule has 14 heavy (non-hydrogen) atoms. The number of hydrogen-bond donors (Lipinski definition) is 1. The molecule has 0 saturated carbocycles. The minimum Gasteiger partial charge on any atom is -0.445 e. The fourth-order valence-electron chi connectivity index (χ4n) is 1.32. The van der Waals surface area contributed by atoms with E-state index in [0.29, 0.717) is 0 Å². The van der Waals surface area contributed by atoms with Gasteiger partial charge in [0.05, 0.1) is 0 Å². The molecule has 78 valence electrons. The summed E-state index contributed by atoms with van der Waals surface area (Å²) in [7, 11) is 0. The maximum atomic E-state index is 12.3. The lowest BCUT2D eigenvalue weighted by molar-refractivity contribution is 0.501. The number of nitrogens with two attached hydrogens (primary N) is 1. The molecule has 0 amide bonds. The minimum absolute atomic E-state index is 0.143. The van der Waals surface area contributed by atoms with Crippen LogP contribution in [0.15, 0.2) is 18.2 Å². The predicted molar refractivity (Wildman–Crippen MR) is 53.7 cm³/mol. The van der Waals surface area contributed by atoms with Crippen molar-refractivity contribution in [2.75, 3.05) is 5.73 Å². The van der Waals surface area contributed by atoms with Crippen LogP contribution in [0.4, 0.5) is 18.6 Å². The Balaban J connectivity index is 3.13. The summed E-state index contributed by atoms with van der Waals surface area (Å²) >= 11 is 0. The molecular formula is C9H12BF3N-. The van der Waals surface area contributed by atoms with Crippen LogP contribution in [-0.4, -0.2) is 6.98 Å². The minimum atomic E-state index is -4.94. The standard InChI is InChI=1S/C9H12BF3N/c1-6(2)8-4-3-7(5-9(8)14)10(11,12)13/h3-6H,14H2,1-2H3/q-1. The van der Waals surface area contributed by atoms with Crippen LogP contribution >= 0.6 is 0 Å². The molecular weight excluding hydrogens is 190 g/mol. The molecule has 1 nitrogen and oxygen atoms in total. The van der Waals surface area contributed by atoms with Crippen LogP contribution in [0.2, 0.25) is 0 Å². The van der Waals surface area contributed by atoms with Gasteiger partial charge in [-0.1, -0.05) is 32.0 Å². The zero-order valence-corrected chi connectivity index (χ0v) is 8.10. The third-order valence-electron chi connectivity index (χ3n) is 2.11. The Labute approximate surface area is 81.2 Å². The summed E-state index contributed by atoms with van der Waals surface area (Å²) in [5.74, 6) is 0.143. The summed E-state index contributed by atoms with van der Waals surface area (Å²) in [5.41, 5.74) is 5.87. The molecule has 0 aromatic heterocycles. The average Bonchev–Trinajstić information content (AvgIpc) is 2.01. The second kappa shape index (κ2) is 3.56. The Bertz CT molecular complexity index is 333. The molecule has 0 heterocycles. The van der Waals surface area contributed by atoms with E-state index in [0.717, 1.165) is 17.7 Å². The highest BCUT2D eigenvalue weighted by Crippen LogP contribution is 2.21. The third kappa shape index (κ3) is 2.22. The van der Waals surface area contributed by atoms with E-state index in [2.05, 4.69) is 0 Å². The molecule has 0 saturated heterocycles. The first-order chi connectivity index (χ1) is 6.32. The van der Waals surface area contributed by atoms with E-state index in [1.807, 2.05) is 13.8 Å². The van der Waals surface area contributed by atoms with Crippen LogP contribution in [0.25, 0.3) is 0 Å². The van der Waals surface area contributed by atoms with Gasteiger partial charge in [-0.2, -0.15) is 0 Å². The van der Waals surface area contributed by atoms with Crippen molar-refractivity contribution in [1.82, 2.24) is 0 Å². The number of rotatable bonds is 2. The fraction of sp³-hybridized carbons (Fsp3) is 0.333. The van der Waals surface area contributed by atoms with Crippen LogP contribution in [0.3, 0.4) is 0 Å². The van der Waals surface area contributed by atoms with Gasteiger partial charge >= 0.3 is 6.98 Å². The van der Waals surface area contributed by atoms with Crippen molar-refractivity contribution in [3.63, 3.8) is 0 Å². The Morgan fingerprint density at radius 1 is 1.21 bits per heavy atom. The summed E-state index contributed by atoms with van der Waals surface area (Å²) in [4.78, 5) is 0. The number of nitrogen functional groups attached to an aromatic ring is 1. The van der Waals surface area contributed by atoms with E-state index in [4.69, 9.17) is 5.73 Å². The van der Waals surface area contributed by atoms with Gasteiger partial charge in [-0.05, 0) is 11.5 Å². The Hall–Kier alpha value is -1.13. The van der Waals surface area contributed by atoms with Gasteiger partial charge in [0.2, 0.25) is 0 Å². The maximum Gasteiger partial charge on any atom is 0.509 e. The highest BCUT2D eigenvalue weighted by atomic mass is 19.4. The molecule has 1 aromatic carbocycles. The molecule has 0 spiro atoms. The smallest absolute Gasteiger partial charge is 0.445 e. The van der Waals surface area contributed by atoms with Crippen LogP contribution in [-0.2, 0) is 0 Å². The highest BCUT2D eigenvalue weighted by Gasteiger charge is 2.25. The average molecular weight is 202 g/mol. The Morgan fingerprint density at radius 3 is 2.14 bits per heavy atom. The van der Waals surface area contributed by atoms with Crippen molar-refractivity contribution < 1.29 is 12.9 Å². The van der Waals surface area contributed by atoms with Gasteiger partial charge in [0, 0.05) is 5.69 Å². The van der Waals surface area contributed by atoms with Crippen molar-refractivity contribution in [2.24, 2.45) is 0 Å². The van der Waals surface area contributed by atoms with Crippen LogP contribution in [0.1, 0.15) is 25.3 Å². The van der Waals surface area contributed by atoms with Crippen molar-refractivity contribution in [2.45, 2.75) is 19.8 Å². The third-order valence-corrected chi connectivity index (χ3v) is 2.11. The molecule has 0 aliphatic carbocycles. The van der Waals surface area contributed by atoms with Gasteiger partial charge in [-0.15, -0.1) is 5.46 Å². The van der Waals surface area contributed by atoms with Gasteiger partial charge in [-0.3, -0.25) is 0 Å². The van der Waals surface area contributed by atoms with E-state index >= 15 is 0 Å². The molecule has 0 aliphatic rings. The summed E-state index contributed by atoms with van der Waals surface area (Å²) in [6, 6.07) is 3.55. The zero-order valence-electron chi connectivity index (χ0n) is 8.10. The number of benzene rings is 1. The number of hydrogen-bond acceptors (Lipinski definition) is 1. The van der Waals surface area contributed by atoms with Crippen molar-refractivity contribution in [1.29, 1.82) is 0 Å². The normalized spacial score (nSPS) is 12.1. The first kappa shape index (κ1) is 11.0. The summed E-state index contributed by atoms with van der Waals surface area (Å²) in [6.07, 6.45) is 0. The van der Waals surface area contributed by atoms with E-state index in [1.54, 1.807) is 0 Å². The SMILES string of the molecule is CC(C)c1ccc([B-](F)(F)F)cc1N. The molecule has 1 rings (SSSR count). The van der Waals surface area contributed by atoms with Gasteiger partial charge in [0.1, 0.15) is 0 Å². The lowest BCUT2D eigenvalue weighted by Crippen LogP contribution is -2.34. The predicted octanol–water partition coefficient (Wildman–Crippen LogP) is 2.45. The molecule has 2 N–H and O–H groups in total. The van der Waals surface area contributed by atoms with Crippen LogP contribution in [0.5, 0.6) is 0 Å². The summed E-state index contributed by atoms with van der Waals surface area (Å²) in [6.45, 7) is -1.15. The molecule has 0 bridgehead atoms. The molecule has 0 aliphatic heterocycles. The van der Waals surface area contributed by atoms with Crippen LogP contribution < -0.4 is 11.2 Å². The van der Waals surface area contributed by atoms with Gasteiger partial charge in [0.15, 0.2) is 0 Å². The second-order valence-electron chi connectivity index (χ2n) is 3.62. The van der Waals surface area contributed by atoms with E-state index < -0.39 is 12.4 Å². The van der Waals surface area contributed by atoms with Gasteiger partial charge in [-0.25, -0.2) is 0 Å². The largest absolute Gasteiger partial charge is 0.509 e. The number of anilines is 1. The fourth-order valence-corrected chi connectivity index (χ4v) is 1.32. The van der Waals surface area contributed by atoms with E-state index in [-0.39, 0.29) is 11.6 Å². The van der Waals surface area contributed by atoms with Crippen molar-refractivity contribution >= 4 is 18.1 Å². The lowest BCUT2D eigenvalue weighted by atomic mass is 9.79. The Morgan fingerprint density at radius 2 is 1.79 bits per heavy atom. The molecule has 5 heteroatoms. The lowest BCUT2D eigenvalue weighted by Gasteiger charge is -2.17. The quantitative estimate of drug-likeness (QED) is 0.578. The summed E-state index contributed by atoms with van der Waals surface area (Å²) in [5, 5.41) is 0. The topological polar surface area (TPSA) is 26.0 Å². The molecule has 0 atom stereocenters. The monoisotopic (exact) mass is 202 g/mol. The van der Waals surface area contributed by atoms with Gasteiger partial charge < -0.3 is 18.7 Å². The molecule has 1 aromatic rings. The Kier molecular flexibility index (Phi) is 2.78. The highest BCUT2D eigenvalue weighted by molar-refractivity contribution is 6.73. The number of halogens is 3. The molecule has 0 fully saturated rings. The maximum absolute atomic E-state index is 12.3. The van der Waals surface area contributed by atoms with E-state index in [1.165, 1.54) is 6.07 Å². The first-order valence-electron chi connectivity index (χ1n) is 4.41. The van der Waals surface area contributed by atoms with Crippen molar-refractivity contribution in [3.8, 4) is 0 Å². The zero-order chi connectivity index (χ0) is 10.9. The van der Waals surface area contributed by atoms with Gasteiger partial charge in [0.25, 0.3) is 0 Å². The van der Waals surface area contributed by atoms with E-state index in [9.17, 15) is 12.9 Å². The second-order valence-corrected chi connectivity index (χ2v) is 3.62. The first-order valence-corrected chi connectivity index (χ1v) is 4.41.